The number of nitriles is 1. The molecule has 0 aliphatic carbocycles. The van der Waals surface area contributed by atoms with Gasteiger partial charge in [0.2, 0.25) is 0 Å². The third kappa shape index (κ3) is 7.98. The van der Waals surface area contributed by atoms with Gasteiger partial charge in [-0.25, -0.2) is 4.39 Å². The van der Waals surface area contributed by atoms with Crippen LogP contribution in [0.2, 0.25) is 0 Å². The van der Waals surface area contributed by atoms with Gasteiger partial charge in [0, 0.05) is 32.5 Å². The summed E-state index contributed by atoms with van der Waals surface area (Å²) in [4.78, 5) is 11.8. The number of hydrogen-bond acceptors (Lipinski definition) is 4. The number of ether oxygens (including phenoxy) is 1. The fourth-order valence-corrected chi connectivity index (χ4v) is 1.85. The van der Waals surface area contributed by atoms with Crippen LogP contribution in [0.25, 0.3) is 0 Å². The lowest BCUT2D eigenvalue weighted by Crippen LogP contribution is -2.27. The Bertz CT molecular complexity index is 567. The highest BCUT2D eigenvalue weighted by atomic mass is 19.1. The van der Waals surface area contributed by atoms with Crippen LogP contribution < -0.4 is 10.6 Å². The summed E-state index contributed by atoms with van der Waals surface area (Å²) in [5, 5.41) is 14.6. The first-order valence-electron chi connectivity index (χ1n) is 7.61. The van der Waals surface area contributed by atoms with E-state index >= 15 is 0 Å². The molecule has 1 amide bonds. The van der Waals surface area contributed by atoms with Crippen LogP contribution in [0.3, 0.4) is 0 Å². The molecule has 0 aromatic heterocycles. The fraction of sp³-hybridized carbons (Fsp3) is 0.412. The molecule has 2 N–H and O–H groups in total. The standard InChI is InChI=1S/C17H22FN3O2/c1-2-23-10-4-8-21-17(22)15(12-19)13-20-9-7-14-5-3-6-16(18)11-14/h3,5-6,11,13,20H,2,4,7-10H2,1H3,(H,21,22)/b15-13-. The van der Waals surface area contributed by atoms with Crippen LogP contribution >= 0.6 is 0 Å². The molecule has 1 aromatic rings. The summed E-state index contributed by atoms with van der Waals surface area (Å²) in [6.45, 7) is 4.10. The summed E-state index contributed by atoms with van der Waals surface area (Å²) in [6.07, 6.45) is 2.69. The van der Waals surface area contributed by atoms with E-state index in [1.165, 1.54) is 18.3 Å². The van der Waals surface area contributed by atoms with Crippen LogP contribution in [0.15, 0.2) is 36.0 Å². The zero-order valence-electron chi connectivity index (χ0n) is 13.3. The van der Waals surface area contributed by atoms with E-state index in [1.54, 1.807) is 6.07 Å². The molecule has 1 aromatic carbocycles. The summed E-state index contributed by atoms with van der Waals surface area (Å²) in [5.41, 5.74) is 0.866. The zero-order chi connectivity index (χ0) is 16.9. The predicted octanol–water partition coefficient (Wildman–Crippen LogP) is 1.91. The molecule has 0 fully saturated rings. The molecule has 0 atom stereocenters. The molecule has 0 spiro atoms. The lowest BCUT2D eigenvalue weighted by atomic mass is 10.1. The van der Waals surface area contributed by atoms with Gasteiger partial charge in [0.25, 0.3) is 5.91 Å². The molecule has 0 radical (unpaired) electrons. The second kappa shape index (κ2) is 11.2. The largest absolute Gasteiger partial charge is 0.389 e. The molecular weight excluding hydrogens is 297 g/mol. The minimum Gasteiger partial charge on any atom is -0.389 e. The third-order valence-electron chi connectivity index (χ3n) is 3.01. The molecule has 0 unspecified atom stereocenters. The van der Waals surface area contributed by atoms with E-state index in [0.29, 0.717) is 39.1 Å². The first-order valence-corrected chi connectivity index (χ1v) is 7.61. The van der Waals surface area contributed by atoms with Crippen LogP contribution in [-0.2, 0) is 16.0 Å². The van der Waals surface area contributed by atoms with Crippen LogP contribution in [-0.4, -0.2) is 32.2 Å². The highest BCUT2D eigenvalue weighted by Gasteiger charge is 2.07. The van der Waals surface area contributed by atoms with Crippen LogP contribution in [0.5, 0.6) is 0 Å². The second-order valence-electron chi connectivity index (χ2n) is 4.81. The second-order valence-corrected chi connectivity index (χ2v) is 4.81. The Morgan fingerprint density at radius 1 is 1.43 bits per heavy atom. The van der Waals surface area contributed by atoms with Gasteiger partial charge in [0.15, 0.2) is 0 Å². The molecule has 0 bridgehead atoms. The van der Waals surface area contributed by atoms with Gasteiger partial charge in [-0.2, -0.15) is 5.26 Å². The maximum atomic E-state index is 13.0. The number of rotatable bonds is 10. The van der Waals surface area contributed by atoms with E-state index in [4.69, 9.17) is 10.00 Å². The first-order chi connectivity index (χ1) is 11.2. The third-order valence-corrected chi connectivity index (χ3v) is 3.01. The lowest BCUT2D eigenvalue weighted by molar-refractivity contribution is -0.117. The molecule has 6 heteroatoms. The van der Waals surface area contributed by atoms with Crippen molar-refractivity contribution in [2.45, 2.75) is 19.8 Å². The number of nitrogens with one attached hydrogen (secondary N) is 2. The van der Waals surface area contributed by atoms with E-state index in [1.807, 2.05) is 19.1 Å². The molecular formula is C17H22FN3O2. The van der Waals surface area contributed by atoms with E-state index in [9.17, 15) is 9.18 Å². The van der Waals surface area contributed by atoms with Crippen LogP contribution in [0.4, 0.5) is 4.39 Å². The number of nitrogens with zero attached hydrogens (tertiary/aromatic N) is 1. The summed E-state index contributed by atoms with van der Waals surface area (Å²) < 4.78 is 18.2. The Labute approximate surface area is 136 Å². The number of carbonyl (C=O) groups excluding carboxylic acids is 1. The number of amides is 1. The number of benzene rings is 1. The zero-order valence-corrected chi connectivity index (χ0v) is 13.3. The minimum atomic E-state index is -0.415. The van der Waals surface area contributed by atoms with Crippen molar-refractivity contribution in [1.29, 1.82) is 5.26 Å². The van der Waals surface area contributed by atoms with Crippen molar-refractivity contribution in [2.75, 3.05) is 26.3 Å². The van der Waals surface area contributed by atoms with Crippen molar-refractivity contribution in [3.05, 3.63) is 47.4 Å². The predicted molar refractivity (Wildman–Crippen MR) is 85.9 cm³/mol. The van der Waals surface area contributed by atoms with Crippen molar-refractivity contribution in [1.82, 2.24) is 10.6 Å². The number of hydrogen-bond donors (Lipinski definition) is 2. The Hall–Kier alpha value is -2.39. The summed E-state index contributed by atoms with van der Waals surface area (Å²) in [5.74, 6) is -0.690. The molecule has 1 rings (SSSR count). The molecule has 23 heavy (non-hydrogen) atoms. The van der Waals surface area contributed by atoms with Gasteiger partial charge in [0.1, 0.15) is 17.5 Å². The van der Waals surface area contributed by atoms with Crippen LogP contribution in [0, 0.1) is 17.1 Å². The van der Waals surface area contributed by atoms with Gasteiger partial charge in [-0.05, 0) is 37.5 Å². The fourth-order valence-electron chi connectivity index (χ4n) is 1.85. The topological polar surface area (TPSA) is 74.1 Å². The molecule has 5 nitrogen and oxygen atoms in total. The molecule has 0 aliphatic heterocycles. The Morgan fingerprint density at radius 2 is 2.26 bits per heavy atom. The minimum absolute atomic E-state index is 0.0145. The van der Waals surface area contributed by atoms with Crippen molar-refractivity contribution in [2.24, 2.45) is 0 Å². The van der Waals surface area contributed by atoms with Crippen molar-refractivity contribution >= 4 is 5.91 Å². The van der Waals surface area contributed by atoms with E-state index in [-0.39, 0.29) is 11.4 Å². The van der Waals surface area contributed by atoms with Gasteiger partial charge in [-0.15, -0.1) is 0 Å². The maximum Gasteiger partial charge on any atom is 0.263 e. The van der Waals surface area contributed by atoms with Gasteiger partial charge in [-0.3, -0.25) is 4.79 Å². The smallest absolute Gasteiger partial charge is 0.263 e. The number of halogens is 1. The average molecular weight is 319 g/mol. The first kappa shape index (κ1) is 18.7. The van der Waals surface area contributed by atoms with Gasteiger partial charge >= 0.3 is 0 Å². The molecule has 0 aliphatic rings. The van der Waals surface area contributed by atoms with E-state index in [0.717, 1.165) is 5.56 Å². The van der Waals surface area contributed by atoms with Crippen molar-refractivity contribution < 1.29 is 13.9 Å². The summed E-state index contributed by atoms with van der Waals surface area (Å²) in [6, 6.07) is 8.18. The highest BCUT2D eigenvalue weighted by molar-refractivity contribution is 5.97. The monoisotopic (exact) mass is 319 g/mol. The molecule has 0 saturated heterocycles. The number of carbonyl (C=O) groups is 1. The average Bonchev–Trinajstić information content (AvgIpc) is 2.54. The van der Waals surface area contributed by atoms with E-state index in [2.05, 4.69) is 10.6 Å². The molecule has 124 valence electrons. The normalized spacial score (nSPS) is 10.9. The van der Waals surface area contributed by atoms with Gasteiger partial charge < -0.3 is 15.4 Å². The Kier molecular flexibility index (Phi) is 9.10. The summed E-state index contributed by atoms with van der Waals surface area (Å²) >= 11 is 0. The summed E-state index contributed by atoms with van der Waals surface area (Å²) in [7, 11) is 0. The molecule has 0 saturated carbocycles. The van der Waals surface area contributed by atoms with E-state index < -0.39 is 5.91 Å². The van der Waals surface area contributed by atoms with Gasteiger partial charge in [-0.1, -0.05) is 12.1 Å². The Morgan fingerprint density at radius 3 is 2.96 bits per heavy atom. The van der Waals surface area contributed by atoms with Crippen LogP contribution in [0.1, 0.15) is 18.9 Å². The SMILES string of the molecule is CCOCCCNC(=O)/C(C#N)=C\NCCc1cccc(F)c1. The highest BCUT2D eigenvalue weighted by Crippen LogP contribution is 2.03. The van der Waals surface area contributed by atoms with Crippen molar-refractivity contribution in [3.8, 4) is 6.07 Å². The quantitative estimate of drug-likeness (QED) is 0.392. The maximum absolute atomic E-state index is 13.0. The lowest BCUT2D eigenvalue weighted by Gasteiger charge is -2.05. The van der Waals surface area contributed by atoms with Gasteiger partial charge in [0.05, 0.1) is 0 Å². The van der Waals surface area contributed by atoms with Crippen molar-refractivity contribution in [3.63, 3.8) is 0 Å². The Balaban J connectivity index is 2.31. The molecule has 0 heterocycles.